The highest BCUT2D eigenvalue weighted by atomic mass is 32.2. The summed E-state index contributed by atoms with van der Waals surface area (Å²) in [7, 11) is 0. The van der Waals surface area contributed by atoms with Crippen LogP contribution in [0.2, 0.25) is 0 Å². The van der Waals surface area contributed by atoms with Crippen molar-refractivity contribution in [2.24, 2.45) is 5.73 Å². The molecule has 1 amide bonds. The van der Waals surface area contributed by atoms with Crippen LogP contribution in [0.15, 0.2) is 29.2 Å². The Labute approximate surface area is 137 Å². The predicted octanol–water partition coefficient (Wildman–Crippen LogP) is 3.35. The first-order valence-corrected chi connectivity index (χ1v) is 9.21. The van der Waals surface area contributed by atoms with Crippen LogP contribution < -0.4 is 5.73 Å². The Hall–Kier alpha value is -1.00. The third kappa shape index (κ3) is 3.33. The van der Waals surface area contributed by atoms with Gasteiger partial charge in [-0.15, -0.1) is 11.8 Å². The van der Waals surface area contributed by atoms with Gasteiger partial charge >= 0.3 is 0 Å². The Morgan fingerprint density at radius 3 is 2.36 bits per heavy atom. The predicted molar refractivity (Wildman–Crippen MR) is 92.0 cm³/mol. The van der Waals surface area contributed by atoms with Gasteiger partial charge in [-0.05, 0) is 44.7 Å². The summed E-state index contributed by atoms with van der Waals surface area (Å²) in [6.07, 6.45) is 6.23. The molecule has 0 bridgehead atoms. The molecule has 1 aromatic carbocycles. The molecule has 3 rings (SSSR count). The molecule has 3 nitrogen and oxygen atoms in total. The fourth-order valence-electron chi connectivity index (χ4n) is 3.53. The van der Waals surface area contributed by atoms with E-state index >= 15 is 0 Å². The van der Waals surface area contributed by atoms with Crippen LogP contribution >= 0.6 is 11.8 Å². The number of rotatable bonds is 3. The van der Waals surface area contributed by atoms with Crippen molar-refractivity contribution < 1.29 is 4.79 Å². The molecule has 0 atom stereocenters. The van der Waals surface area contributed by atoms with E-state index in [0.29, 0.717) is 5.91 Å². The van der Waals surface area contributed by atoms with Crippen LogP contribution in [-0.4, -0.2) is 34.7 Å². The maximum Gasteiger partial charge on any atom is 0.239 e. The van der Waals surface area contributed by atoms with Crippen molar-refractivity contribution in [3.8, 4) is 0 Å². The van der Waals surface area contributed by atoms with E-state index in [2.05, 4.69) is 36.1 Å². The van der Waals surface area contributed by atoms with Crippen LogP contribution in [-0.2, 0) is 4.79 Å². The Kier molecular flexibility index (Phi) is 4.79. The number of likely N-dealkylation sites (tertiary alicyclic amines) is 1. The normalized spacial score (nSPS) is 22.0. The van der Waals surface area contributed by atoms with Gasteiger partial charge in [-0.25, -0.2) is 0 Å². The molecule has 2 aliphatic rings. The van der Waals surface area contributed by atoms with E-state index in [1.165, 1.54) is 10.5 Å². The second-order valence-corrected chi connectivity index (χ2v) is 8.20. The minimum absolute atomic E-state index is 0.239. The lowest BCUT2D eigenvalue weighted by Gasteiger charge is -2.37. The maximum absolute atomic E-state index is 13.2. The molecule has 22 heavy (non-hydrogen) atoms. The van der Waals surface area contributed by atoms with Crippen LogP contribution in [0.4, 0.5) is 0 Å². The number of carbonyl (C=O) groups excluding carboxylic acids is 1. The van der Waals surface area contributed by atoms with Gasteiger partial charge in [0.25, 0.3) is 0 Å². The van der Waals surface area contributed by atoms with Crippen LogP contribution in [0.5, 0.6) is 0 Å². The van der Waals surface area contributed by atoms with E-state index in [4.69, 9.17) is 5.73 Å². The summed E-state index contributed by atoms with van der Waals surface area (Å²) < 4.78 is -0.239. The second-order valence-electron chi connectivity index (χ2n) is 6.75. The van der Waals surface area contributed by atoms with Crippen LogP contribution in [0, 0.1) is 6.92 Å². The molecule has 120 valence electrons. The minimum atomic E-state index is -0.239. The van der Waals surface area contributed by atoms with Gasteiger partial charge in [0.1, 0.15) is 0 Å². The molecular formula is C18H26N2OS. The molecule has 4 heteroatoms. The van der Waals surface area contributed by atoms with Crippen molar-refractivity contribution in [3.05, 3.63) is 29.8 Å². The molecule has 2 N–H and O–H groups in total. The van der Waals surface area contributed by atoms with Crippen LogP contribution in [0.3, 0.4) is 0 Å². The lowest BCUT2D eigenvalue weighted by atomic mass is 10.0. The van der Waals surface area contributed by atoms with Crippen molar-refractivity contribution in [2.75, 3.05) is 13.1 Å². The summed E-state index contributed by atoms with van der Waals surface area (Å²) in [5.41, 5.74) is 7.24. The summed E-state index contributed by atoms with van der Waals surface area (Å²) in [5, 5.41) is 0. The Morgan fingerprint density at radius 1 is 1.18 bits per heavy atom. The van der Waals surface area contributed by atoms with E-state index < -0.39 is 0 Å². The smallest absolute Gasteiger partial charge is 0.239 e. The lowest BCUT2D eigenvalue weighted by molar-refractivity contribution is -0.134. The van der Waals surface area contributed by atoms with Gasteiger partial charge in [0.15, 0.2) is 0 Å². The van der Waals surface area contributed by atoms with E-state index in [1.807, 2.05) is 0 Å². The molecule has 0 unspecified atom stereocenters. The third-order valence-electron chi connectivity index (χ3n) is 4.96. The summed E-state index contributed by atoms with van der Waals surface area (Å²) in [6, 6.07) is 8.84. The van der Waals surface area contributed by atoms with Gasteiger partial charge in [-0.1, -0.05) is 30.5 Å². The molecule has 0 radical (unpaired) electrons. The number of hydrogen-bond donors (Lipinski definition) is 1. The van der Waals surface area contributed by atoms with Crippen molar-refractivity contribution in [1.82, 2.24) is 4.90 Å². The molecule has 1 aliphatic heterocycles. The first kappa shape index (κ1) is 15.9. The van der Waals surface area contributed by atoms with Gasteiger partial charge in [0.05, 0.1) is 4.75 Å². The number of aryl methyl sites for hydroxylation is 1. The van der Waals surface area contributed by atoms with E-state index in [-0.39, 0.29) is 10.8 Å². The SMILES string of the molecule is Cc1ccc(SC2(C(=O)N3CCC(N)CC3)CCCC2)cc1. The molecule has 1 aromatic rings. The third-order valence-corrected chi connectivity index (χ3v) is 6.44. The molecule has 0 aromatic heterocycles. The first-order valence-electron chi connectivity index (χ1n) is 8.40. The van der Waals surface area contributed by atoms with Gasteiger partial charge in [0, 0.05) is 24.0 Å². The van der Waals surface area contributed by atoms with Gasteiger partial charge in [-0.3, -0.25) is 4.79 Å². The van der Waals surface area contributed by atoms with Crippen molar-refractivity contribution in [3.63, 3.8) is 0 Å². The minimum Gasteiger partial charge on any atom is -0.341 e. The molecule has 2 fully saturated rings. The van der Waals surface area contributed by atoms with E-state index in [9.17, 15) is 4.79 Å². The lowest BCUT2D eigenvalue weighted by Crippen LogP contribution is -2.50. The first-order chi connectivity index (χ1) is 10.6. The maximum atomic E-state index is 13.2. The summed E-state index contributed by atoms with van der Waals surface area (Å²) in [6.45, 7) is 3.76. The second kappa shape index (κ2) is 6.63. The van der Waals surface area contributed by atoms with E-state index in [1.54, 1.807) is 11.8 Å². The monoisotopic (exact) mass is 318 g/mol. The number of hydrogen-bond acceptors (Lipinski definition) is 3. The fraction of sp³-hybridized carbons (Fsp3) is 0.611. The molecule has 1 aliphatic carbocycles. The number of benzene rings is 1. The molecule has 0 spiro atoms. The Bertz CT molecular complexity index is 514. The highest BCUT2D eigenvalue weighted by Crippen LogP contribution is 2.46. The molecule has 1 saturated heterocycles. The van der Waals surface area contributed by atoms with Crippen molar-refractivity contribution in [1.29, 1.82) is 0 Å². The van der Waals surface area contributed by atoms with Gasteiger partial charge in [0.2, 0.25) is 5.91 Å². The average molecular weight is 318 g/mol. The summed E-state index contributed by atoms with van der Waals surface area (Å²) in [5.74, 6) is 0.350. The average Bonchev–Trinajstić information content (AvgIpc) is 2.99. The Morgan fingerprint density at radius 2 is 1.77 bits per heavy atom. The Balaban J connectivity index is 1.76. The number of nitrogens with two attached hydrogens (primary N) is 1. The molecular weight excluding hydrogens is 292 g/mol. The summed E-state index contributed by atoms with van der Waals surface area (Å²) in [4.78, 5) is 16.4. The zero-order valence-corrected chi connectivity index (χ0v) is 14.2. The number of thioether (sulfide) groups is 1. The van der Waals surface area contributed by atoms with Crippen molar-refractivity contribution >= 4 is 17.7 Å². The number of carbonyl (C=O) groups is 1. The van der Waals surface area contributed by atoms with Crippen LogP contribution in [0.1, 0.15) is 44.1 Å². The molecule has 1 heterocycles. The molecule has 1 saturated carbocycles. The van der Waals surface area contributed by atoms with Gasteiger partial charge in [-0.2, -0.15) is 0 Å². The zero-order chi connectivity index (χ0) is 15.6. The van der Waals surface area contributed by atoms with Crippen molar-refractivity contribution in [2.45, 2.75) is 61.1 Å². The standard InChI is InChI=1S/C18H26N2OS/c1-14-4-6-16(7-5-14)22-18(10-2-3-11-18)17(21)20-12-8-15(19)9-13-20/h4-7,15H,2-3,8-13,19H2,1H3. The topological polar surface area (TPSA) is 46.3 Å². The fourth-order valence-corrected chi connectivity index (χ4v) is 4.96. The highest BCUT2D eigenvalue weighted by Gasteiger charge is 2.44. The van der Waals surface area contributed by atoms with E-state index in [0.717, 1.165) is 51.6 Å². The summed E-state index contributed by atoms with van der Waals surface area (Å²) >= 11 is 1.79. The van der Waals surface area contributed by atoms with Gasteiger partial charge < -0.3 is 10.6 Å². The van der Waals surface area contributed by atoms with Crippen LogP contribution in [0.25, 0.3) is 0 Å². The highest BCUT2D eigenvalue weighted by molar-refractivity contribution is 8.01. The zero-order valence-electron chi connectivity index (χ0n) is 13.4. The number of piperidine rings is 1. The quantitative estimate of drug-likeness (QED) is 0.929. The number of nitrogens with zero attached hydrogens (tertiary/aromatic N) is 1. The largest absolute Gasteiger partial charge is 0.341 e. The number of amides is 1.